The molecule has 0 N–H and O–H groups in total. The molecule has 0 unspecified atom stereocenters. The Bertz CT molecular complexity index is 915. The molecule has 8 nitrogen and oxygen atoms in total. The van der Waals surface area contributed by atoms with E-state index in [-0.39, 0.29) is 16.2 Å². The SMILES string of the molecule is COC(=O)c1cc(S(=O)(=O)n2ccc(C(=O)OC(C)(C)C)c2)cn1C. The molecule has 0 aromatic carbocycles. The first-order valence-electron chi connectivity index (χ1n) is 7.37. The minimum Gasteiger partial charge on any atom is -0.464 e. The van der Waals surface area contributed by atoms with Crippen molar-refractivity contribution in [1.29, 1.82) is 0 Å². The van der Waals surface area contributed by atoms with E-state index in [2.05, 4.69) is 4.74 Å². The number of carbonyl (C=O) groups is 2. The fourth-order valence-electron chi connectivity index (χ4n) is 2.09. The monoisotopic (exact) mass is 368 g/mol. The number of nitrogens with zero attached hydrogens (tertiary/aromatic N) is 2. The summed E-state index contributed by atoms with van der Waals surface area (Å²) < 4.78 is 37.4. The van der Waals surface area contributed by atoms with Crippen LogP contribution in [-0.2, 0) is 26.5 Å². The number of aryl methyl sites for hydroxylation is 1. The van der Waals surface area contributed by atoms with Gasteiger partial charge in [-0.15, -0.1) is 0 Å². The summed E-state index contributed by atoms with van der Waals surface area (Å²) in [5.41, 5.74) is -0.476. The highest BCUT2D eigenvalue weighted by Gasteiger charge is 2.24. The molecule has 0 aliphatic rings. The van der Waals surface area contributed by atoms with Gasteiger partial charge in [-0.25, -0.2) is 22.0 Å². The highest BCUT2D eigenvalue weighted by Crippen LogP contribution is 2.20. The Morgan fingerprint density at radius 1 is 1.12 bits per heavy atom. The molecular formula is C16H20N2O6S. The van der Waals surface area contributed by atoms with Gasteiger partial charge in [-0.2, -0.15) is 0 Å². The first-order valence-corrected chi connectivity index (χ1v) is 8.81. The summed E-state index contributed by atoms with van der Waals surface area (Å²) in [5, 5.41) is 0. The van der Waals surface area contributed by atoms with Gasteiger partial charge < -0.3 is 14.0 Å². The molecule has 136 valence electrons. The van der Waals surface area contributed by atoms with Crippen molar-refractivity contribution in [3.05, 3.63) is 42.0 Å². The maximum absolute atomic E-state index is 12.7. The van der Waals surface area contributed by atoms with E-state index in [9.17, 15) is 18.0 Å². The lowest BCUT2D eigenvalue weighted by molar-refractivity contribution is 0.00695. The van der Waals surface area contributed by atoms with Crippen molar-refractivity contribution in [2.45, 2.75) is 31.3 Å². The zero-order valence-electron chi connectivity index (χ0n) is 14.6. The van der Waals surface area contributed by atoms with Gasteiger partial charge in [0.25, 0.3) is 10.0 Å². The Morgan fingerprint density at radius 3 is 2.32 bits per heavy atom. The third-order valence-corrected chi connectivity index (χ3v) is 4.85. The van der Waals surface area contributed by atoms with Crippen LogP contribution in [0.2, 0.25) is 0 Å². The molecule has 2 rings (SSSR count). The highest BCUT2D eigenvalue weighted by atomic mass is 32.2. The van der Waals surface area contributed by atoms with E-state index in [0.717, 1.165) is 3.97 Å². The maximum atomic E-state index is 12.7. The lowest BCUT2D eigenvalue weighted by Crippen LogP contribution is -2.23. The first kappa shape index (κ1) is 18.8. The van der Waals surface area contributed by atoms with Crippen LogP contribution in [0.5, 0.6) is 0 Å². The summed E-state index contributed by atoms with van der Waals surface area (Å²) in [6, 6.07) is 2.57. The Kier molecular flexibility index (Phi) is 4.81. The van der Waals surface area contributed by atoms with E-state index in [4.69, 9.17) is 4.74 Å². The van der Waals surface area contributed by atoms with Crippen LogP contribution >= 0.6 is 0 Å². The second-order valence-electron chi connectivity index (χ2n) is 6.40. The predicted octanol–water partition coefficient (Wildman–Crippen LogP) is 1.81. The van der Waals surface area contributed by atoms with E-state index in [1.807, 2.05) is 0 Å². The molecule has 0 saturated carbocycles. The maximum Gasteiger partial charge on any atom is 0.354 e. The molecule has 0 aliphatic heterocycles. The van der Waals surface area contributed by atoms with Crippen LogP contribution in [0.15, 0.2) is 35.6 Å². The summed E-state index contributed by atoms with van der Waals surface area (Å²) in [4.78, 5) is 23.6. The van der Waals surface area contributed by atoms with Gasteiger partial charge in [0, 0.05) is 25.6 Å². The van der Waals surface area contributed by atoms with E-state index in [0.29, 0.717) is 0 Å². The van der Waals surface area contributed by atoms with Gasteiger partial charge in [0.1, 0.15) is 16.2 Å². The molecule has 0 bridgehead atoms. The number of carbonyl (C=O) groups excluding carboxylic acids is 2. The van der Waals surface area contributed by atoms with Crippen molar-refractivity contribution < 1.29 is 27.5 Å². The second kappa shape index (κ2) is 6.40. The van der Waals surface area contributed by atoms with Crippen LogP contribution in [0.4, 0.5) is 0 Å². The molecule has 25 heavy (non-hydrogen) atoms. The molecule has 0 aliphatic carbocycles. The van der Waals surface area contributed by atoms with Gasteiger partial charge in [-0.3, -0.25) is 0 Å². The van der Waals surface area contributed by atoms with Crippen LogP contribution in [0.25, 0.3) is 0 Å². The third kappa shape index (κ3) is 3.93. The Labute approximate surface area is 146 Å². The van der Waals surface area contributed by atoms with Crippen molar-refractivity contribution in [1.82, 2.24) is 8.54 Å². The number of hydrogen-bond donors (Lipinski definition) is 0. The fourth-order valence-corrected chi connectivity index (χ4v) is 3.36. The number of hydrogen-bond acceptors (Lipinski definition) is 6. The fraction of sp³-hybridized carbons (Fsp3) is 0.375. The molecular weight excluding hydrogens is 348 g/mol. The lowest BCUT2D eigenvalue weighted by Gasteiger charge is -2.18. The van der Waals surface area contributed by atoms with Crippen LogP contribution in [0.1, 0.15) is 41.6 Å². The Hall–Kier alpha value is -2.55. The van der Waals surface area contributed by atoms with Crippen molar-refractivity contribution in [3.8, 4) is 0 Å². The van der Waals surface area contributed by atoms with Gasteiger partial charge in [0.05, 0.1) is 12.7 Å². The Morgan fingerprint density at radius 2 is 1.76 bits per heavy atom. The topological polar surface area (TPSA) is 96.6 Å². The first-order chi connectivity index (χ1) is 11.5. The molecule has 0 spiro atoms. The van der Waals surface area contributed by atoms with Gasteiger partial charge in [0.2, 0.25) is 0 Å². The third-order valence-electron chi connectivity index (χ3n) is 3.25. The number of rotatable bonds is 4. The average Bonchev–Trinajstić information content (AvgIpc) is 3.12. The molecule has 0 atom stereocenters. The quantitative estimate of drug-likeness (QED) is 0.764. The average molecular weight is 368 g/mol. The normalized spacial score (nSPS) is 12.0. The molecule has 2 aromatic rings. The minimum absolute atomic E-state index is 0.0956. The predicted molar refractivity (Wildman–Crippen MR) is 88.9 cm³/mol. The number of esters is 2. The summed E-state index contributed by atoms with van der Waals surface area (Å²) in [5.74, 6) is -1.27. The molecule has 2 heterocycles. The summed E-state index contributed by atoms with van der Waals surface area (Å²) in [7, 11) is -1.21. The molecule has 2 aromatic heterocycles. The molecule has 0 amide bonds. The standard InChI is InChI=1S/C16H20N2O6S/c1-16(2,3)24-14(19)11-6-7-18(9-11)25(21,22)12-8-13(15(20)23-5)17(4)10-12/h6-10H,1-5H3. The van der Waals surface area contributed by atoms with Crippen molar-refractivity contribution >= 4 is 22.0 Å². The molecule has 0 fully saturated rings. The van der Waals surface area contributed by atoms with E-state index in [1.165, 1.54) is 49.4 Å². The summed E-state index contributed by atoms with van der Waals surface area (Å²) >= 11 is 0. The van der Waals surface area contributed by atoms with Crippen LogP contribution in [0.3, 0.4) is 0 Å². The minimum atomic E-state index is -3.96. The number of methoxy groups -OCH3 is 1. The smallest absolute Gasteiger partial charge is 0.354 e. The van der Waals surface area contributed by atoms with Gasteiger partial charge in [-0.05, 0) is 32.9 Å². The zero-order chi connectivity index (χ0) is 19.0. The molecule has 9 heteroatoms. The molecule has 0 radical (unpaired) electrons. The second-order valence-corrected chi connectivity index (χ2v) is 8.24. The molecule has 0 saturated heterocycles. The van der Waals surface area contributed by atoms with Gasteiger partial charge in [0.15, 0.2) is 0 Å². The Balaban J connectivity index is 2.36. The van der Waals surface area contributed by atoms with E-state index >= 15 is 0 Å². The van der Waals surface area contributed by atoms with Crippen molar-refractivity contribution in [3.63, 3.8) is 0 Å². The lowest BCUT2D eigenvalue weighted by atomic mass is 10.2. The van der Waals surface area contributed by atoms with Gasteiger partial charge in [-0.1, -0.05) is 0 Å². The zero-order valence-corrected chi connectivity index (χ0v) is 15.5. The largest absolute Gasteiger partial charge is 0.464 e. The van der Waals surface area contributed by atoms with E-state index < -0.39 is 27.6 Å². The van der Waals surface area contributed by atoms with Crippen LogP contribution in [-0.4, -0.2) is 41.6 Å². The number of ether oxygens (including phenoxy) is 2. The van der Waals surface area contributed by atoms with Crippen molar-refractivity contribution in [2.24, 2.45) is 7.05 Å². The van der Waals surface area contributed by atoms with Crippen molar-refractivity contribution in [2.75, 3.05) is 7.11 Å². The van der Waals surface area contributed by atoms with Crippen LogP contribution < -0.4 is 0 Å². The van der Waals surface area contributed by atoms with E-state index in [1.54, 1.807) is 20.8 Å². The van der Waals surface area contributed by atoms with Crippen LogP contribution in [0, 0.1) is 0 Å². The summed E-state index contributed by atoms with van der Waals surface area (Å²) in [6.07, 6.45) is 3.72. The summed E-state index contributed by atoms with van der Waals surface area (Å²) in [6.45, 7) is 5.16. The number of aromatic nitrogens is 2. The van der Waals surface area contributed by atoms with Gasteiger partial charge >= 0.3 is 11.9 Å². The highest BCUT2D eigenvalue weighted by molar-refractivity contribution is 7.90.